The van der Waals surface area contributed by atoms with Crippen LogP contribution in [-0.2, 0) is 6.42 Å². The van der Waals surface area contributed by atoms with Crippen LogP contribution in [0.1, 0.15) is 5.56 Å². The van der Waals surface area contributed by atoms with E-state index < -0.39 is 0 Å². The Bertz CT molecular complexity index is 240. The third kappa shape index (κ3) is 3.61. The molecule has 1 aromatic carbocycles. The van der Waals surface area contributed by atoms with Crippen LogP contribution in [0.25, 0.3) is 0 Å². The van der Waals surface area contributed by atoms with Crippen molar-refractivity contribution < 1.29 is 0 Å². The van der Waals surface area contributed by atoms with E-state index in [2.05, 4.69) is 44.9 Å². The van der Waals surface area contributed by atoms with Crippen LogP contribution in [-0.4, -0.2) is 12.8 Å². The molecular formula is C9H12BrNS. The predicted octanol–water partition coefficient (Wildman–Crippen LogP) is 2.86. The van der Waals surface area contributed by atoms with Crippen LogP contribution in [0, 0.1) is 0 Å². The summed E-state index contributed by atoms with van der Waals surface area (Å²) in [6.45, 7) is 0. The number of halogens is 1. The topological polar surface area (TPSA) is 12.0 Å². The smallest absolute Gasteiger partial charge is 0.0178 e. The maximum absolute atomic E-state index is 3.45. The van der Waals surface area contributed by atoms with Crippen molar-refractivity contribution in [1.29, 1.82) is 0 Å². The zero-order chi connectivity index (χ0) is 8.81. The van der Waals surface area contributed by atoms with E-state index in [0.29, 0.717) is 0 Å². The lowest BCUT2D eigenvalue weighted by Crippen LogP contribution is -1.96. The van der Waals surface area contributed by atoms with Crippen LogP contribution in [0.4, 0.5) is 0 Å². The normalized spacial score (nSPS) is 10.2. The fourth-order valence-electron chi connectivity index (χ4n) is 0.963. The number of hydrogen-bond acceptors (Lipinski definition) is 2. The Morgan fingerprint density at radius 1 is 1.50 bits per heavy atom. The molecule has 0 saturated carbocycles. The number of nitrogens with one attached hydrogen (secondary N) is 1. The van der Waals surface area contributed by atoms with Crippen LogP contribution in [0.5, 0.6) is 0 Å². The van der Waals surface area contributed by atoms with Crippen molar-refractivity contribution in [2.24, 2.45) is 0 Å². The Labute approximate surface area is 86.2 Å². The van der Waals surface area contributed by atoms with Gasteiger partial charge in [0, 0.05) is 10.2 Å². The van der Waals surface area contributed by atoms with Gasteiger partial charge in [-0.05, 0) is 31.2 Å². The molecule has 12 heavy (non-hydrogen) atoms. The third-order valence-electron chi connectivity index (χ3n) is 1.53. The summed E-state index contributed by atoms with van der Waals surface area (Å²) < 4.78 is 4.22. The van der Waals surface area contributed by atoms with Crippen molar-refractivity contribution >= 4 is 27.9 Å². The van der Waals surface area contributed by atoms with E-state index in [9.17, 15) is 0 Å². The Morgan fingerprint density at radius 2 is 2.33 bits per heavy atom. The number of hydrogen-bond donors (Lipinski definition) is 1. The molecule has 0 aromatic heterocycles. The van der Waals surface area contributed by atoms with Gasteiger partial charge in [0.2, 0.25) is 0 Å². The van der Waals surface area contributed by atoms with Gasteiger partial charge in [-0.2, -0.15) is 0 Å². The molecule has 0 spiro atoms. The monoisotopic (exact) mass is 245 g/mol. The van der Waals surface area contributed by atoms with Gasteiger partial charge >= 0.3 is 0 Å². The summed E-state index contributed by atoms with van der Waals surface area (Å²) in [6, 6.07) is 8.44. The molecule has 1 nitrogen and oxygen atoms in total. The molecule has 0 aliphatic carbocycles. The second kappa shape index (κ2) is 5.62. The Hall–Kier alpha value is 0.01000. The van der Waals surface area contributed by atoms with E-state index in [1.807, 2.05) is 7.05 Å². The Balaban J connectivity index is 2.41. The average molecular weight is 246 g/mol. The highest BCUT2D eigenvalue weighted by atomic mass is 79.9. The molecule has 0 heterocycles. The largest absolute Gasteiger partial charge is 0.267 e. The quantitative estimate of drug-likeness (QED) is 0.647. The molecule has 0 fully saturated rings. The maximum atomic E-state index is 3.45. The van der Waals surface area contributed by atoms with E-state index in [0.717, 1.165) is 16.6 Å². The summed E-state index contributed by atoms with van der Waals surface area (Å²) in [6.07, 6.45) is 1.12. The highest BCUT2D eigenvalue weighted by molar-refractivity contribution is 9.10. The standard InChI is InChI=1S/C9H12BrNS/c1-11-12-6-5-8-3-2-4-9(10)7-8/h2-4,7,11H,5-6H2,1H3. The number of benzene rings is 1. The first-order valence-electron chi connectivity index (χ1n) is 3.86. The van der Waals surface area contributed by atoms with E-state index >= 15 is 0 Å². The predicted molar refractivity (Wildman–Crippen MR) is 59.4 cm³/mol. The van der Waals surface area contributed by atoms with Crippen LogP contribution >= 0.6 is 27.9 Å². The second-order valence-electron chi connectivity index (χ2n) is 2.43. The zero-order valence-corrected chi connectivity index (χ0v) is 9.41. The maximum Gasteiger partial charge on any atom is 0.0178 e. The summed E-state index contributed by atoms with van der Waals surface area (Å²) in [5, 5.41) is 0. The Kier molecular flexibility index (Phi) is 4.73. The zero-order valence-electron chi connectivity index (χ0n) is 7.01. The average Bonchev–Trinajstić information content (AvgIpc) is 2.05. The molecule has 0 saturated heterocycles. The van der Waals surface area contributed by atoms with Gasteiger partial charge in [-0.15, -0.1) is 0 Å². The summed E-state index contributed by atoms with van der Waals surface area (Å²) in [5.41, 5.74) is 1.38. The van der Waals surface area contributed by atoms with E-state index in [4.69, 9.17) is 0 Å². The van der Waals surface area contributed by atoms with Crippen LogP contribution < -0.4 is 4.72 Å². The lowest BCUT2D eigenvalue weighted by atomic mass is 10.2. The molecule has 0 bridgehead atoms. The first-order chi connectivity index (χ1) is 5.83. The summed E-state index contributed by atoms with van der Waals surface area (Å²) in [4.78, 5) is 0. The van der Waals surface area contributed by atoms with Crippen LogP contribution in [0.15, 0.2) is 28.7 Å². The molecule has 1 N–H and O–H groups in total. The summed E-state index contributed by atoms with van der Waals surface area (Å²) in [7, 11) is 1.95. The molecule has 0 radical (unpaired) electrons. The highest BCUT2D eigenvalue weighted by Gasteiger charge is 1.93. The fraction of sp³-hybridized carbons (Fsp3) is 0.333. The van der Waals surface area contributed by atoms with Gasteiger partial charge in [0.05, 0.1) is 0 Å². The lowest BCUT2D eigenvalue weighted by molar-refractivity contribution is 1.14. The highest BCUT2D eigenvalue weighted by Crippen LogP contribution is 2.12. The molecule has 1 rings (SSSR count). The van der Waals surface area contributed by atoms with Gasteiger partial charge in [0.15, 0.2) is 0 Å². The van der Waals surface area contributed by atoms with Crippen molar-refractivity contribution in [3.63, 3.8) is 0 Å². The fourth-order valence-corrected chi connectivity index (χ4v) is 1.95. The molecule has 0 unspecified atom stereocenters. The first kappa shape index (κ1) is 10.1. The summed E-state index contributed by atoms with van der Waals surface area (Å²) in [5.74, 6) is 1.12. The van der Waals surface area contributed by atoms with Crippen molar-refractivity contribution in [2.45, 2.75) is 6.42 Å². The lowest BCUT2D eigenvalue weighted by Gasteiger charge is -2.00. The van der Waals surface area contributed by atoms with Crippen molar-refractivity contribution in [1.82, 2.24) is 4.72 Å². The minimum absolute atomic E-state index is 1.12. The van der Waals surface area contributed by atoms with Crippen molar-refractivity contribution in [3.05, 3.63) is 34.3 Å². The molecule has 0 atom stereocenters. The van der Waals surface area contributed by atoms with Crippen LogP contribution in [0.3, 0.4) is 0 Å². The van der Waals surface area contributed by atoms with Crippen LogP contribution in [0.2, 0.25) is 0 Å². The van der Waals surface area contributed by atoms with E-state index in [1.54, 1.807) is 11.9 Å². The molecule has 0 aliphatic heterocycles. The summed E-state index contributed by atoms with van der Waals surface area (Å²) >= 11 is 5.19. The van der Waals surface area contributed by atoms with Crippen molar-refractivity contribution in [3.8, 4) is 0 Å². The van der Waals surface area contributed by atoms with Gasteiger partial charge in [-0.1, -0.05) is 40.0 Å². The van der Waals surface area contributed by atoms with Gasteiger partial charge in [0.25, 0.3) is 0 Å². The second-order valence-corrected chi connectivity index (χ2v) is 4.45. The molecule has 66 valence electrons. The minimum Gasteiger partial charge on any atom is -0.267 e. The first-order valence-corrected chi connectivity index (χ1v) is 5.64. The SMILES string of the molecule is CNSCCc1cccc(Br)c1. The third-order valence-corrected chi connectivity index (χ3v) is 2.72. The minimum atomic E-state index is 1.12. The van der Waals surface area contributed by atoms with Crippen molar-refractivity contribution in [2.75, 3.05) is 12.8 Å². The molecule has 0 aliphatic rings. The van der Waals surface area contributed by atoms with E-state index in [1.165, 1.54) is 5.56 Å². The number of rotatable bonds is 4. The van der Waals surface area contributed by atoms with Gasteiger partial charge in [-0.3, -0.25) is 4.72 Å². The van der Waals surface area contributed by atoms with Gasteiger partial charge in [-0.25, -0.2) is 0 Å². The molecule has 0 amide bonds. The Morgan fingerprint density at radius 3 is 3.00 bits per heavy atom. The molecular weight excluding hydrogens is 234 g/mol. The molecule has 1 aromatic rings. The molecule has 3 heteroatoms. The van der Waals surface area contributed by atoms with Gasteiger partial charge < -0.3 is 0 Å². The van der Waals surface area contributed by atoms with Gasteiger partial charge in [0.1, 0.15) is 0 Å². The van der Waals surface area contributed by atoms with E-state index in [-0.39, 0.29) is 0 Å². The number of aryl methyl sites for hydroxylation is 1.